The Balaban J connectivity index is 2.19. The van der Waals surface area contributed by atoms with Gasteiger partial charge in [0.25, 0.3) is 5.69 Å². The first kappa shape index (κ1) is 18.9. The normalized spacial score (nSPS) is 10.1. The molecule has 0 saturated heterocycles. The summed E-state index contributed by atoms with van der Waals surface area (Å²) >= 11 is 0. The lowest BCUT2D eigenvalue weighted by Gasteiger charge is -2.19. The highest BCUT2D eigenvalue weighted by atomic mass is 16.6. The number of esters is 1. The Kier molecular flexibility index (Phi) is 5.90. The number of nitro benzene ring substituents is 1. The van der Waals surface area contributed by atoms with Crippen molar-refractivity contribution in [1.29, 1.82) is 0 Å². The van der Waals surface area contributed by atoms with Crippen molar-refractivity contribution in [2.75, 3.05) is 30.9 Å². The van der Waals surface area contributed by atoms with Gasteiger partial charge >= 0.3 is 5.97 Å². The molecule has 0 fully saturated rings. The van der Waals surface area contributed by atoms with Crippen LogP contribution in [0, 0.1) is 17.0 Å². The monoisotopic (exact) mass is 357 g/mol. The minimum absolute atomic E-state index is 0.126. The minimum Gasteiger partial charge on any atom is -0.465 e. The van der Waals surface area contributed by atoms with E-state index in [4.69, 9.17) is 0 Å². The summed E-state index contributed by atoms with van der Waals surface area (Å²) < 4.78 is 4.63. The molecular formula is C18H19N3O5. The van der Waals surface area contributed by atoms with Gasteiger partial charge in [0.2, 0.25) is 5.91 Å². The Morgan fingerprint density at radius 2 is 1.85 bits per heavy atom. The summed E-state index contributed by atoms with van der Waals surface area (Å²) in [5.74, 6) is -0.951. The third-order valence-electron chi connectivity index (χ3n) is 3.72. The fourth-order valence-electron chi connectivity index (χ4n) is 2.37. The standard InChI is InChI=1S/C18H19N3O5/c1-12-4-7-14(8-5-12)19-17(22)11-20(2)16-10-13(18(23)26-3)6-9-15(16)21(24)25/h4-10H,11H2,1-3H3,(H,19,22). The predicted molar refractivity (Wildman–Crippen MR) is 97.5 cm³/mol. The first-order valence-electron chi connectivity index (χ1n) is 7.76. The smallest absolute Gasteiger partial charge is 0.337 e. The van der Waals surface area contributed by atoms with Crippen LogP contribution in [0.4, 0.5) is 17.1 Å². The molecule has 2 aromatic rings. The number of aryl methyl sites for hydroxylation is 1. The molecule has 0 heterocycles. The Labute approximate surface area is 150 Å². The lowest BCUT2D eigenvalue weighted by molar-refractivity contribution is -0.384. The van der Waals surface area contributed by atoms with E-state index in [2.05, 4.69) is 10.1 Å². The predicted octanol–water partition coefficient (Wildman–Crippen LogP) is 2.76. The lowest BCUT2D eigenvalue weighted by atomic mass is 10.1. The molecule has 26 heavy (non-hydrogen) atoms. The topological polar surface area (TPSA) is 102 Å². The molecule has 1 amide bonds. The number of anilines is 2. The van der Waals surface area contributed by atoms with Gasteiger partial charge in [-0.25, -0.2) is 4.79 Å². The lowest BCUT2D eigenvalue weighted by Crippen LogP contribution is -2.30. The van der Waals surface area contributed by atoms with E-state index in [9.17, 15) is 19.7 Å². The molecule has 0 radical (unpaired) electrons. The average molecular weight is 357 g/mol. The van der Waals surface area contributed by atoms with Gasteiger partial charge in [-0.3, -0.25) is 14.9 Å². The van der Waals surface area contributed by atoms with Crippen molar-refractivity contribution in [2.45, 2.75) is 6.92 Å². The molecule has 8 heteroatoms. The number of likely N-dealkylation sites (N-methyl/N-ethyl adjacent to an activating group) is 1. The molecule has 0 unspecified atom stereocenters. The fraction of sp³-hybridized carbons (Fsp3) is 0.222. The molecule has 136 valence electrons. The average Bonchev–Trinajstić information content (AvgIpc) is 2.62. The molecule has 8 nitrogen and oxygen atoms in total. The molecule has 0 saturated carbocycles. The molecule has 0 aromatic heterocycles. The van der Waals surface area contributed by atoms with Gasteiger partial charge < -0.3 is 15.0 Å². The molecule has 0 aliphatic heterocycles. The van der Waals surface area contributed by atoms with Crippen molar-refractivity contribution in [3.05, 3.63) is 63.7 Å². The number of nitro groups is 1. The number of rotatable bonds is 6. The van der Waals surface area contributed by atoms with E-state index in [1.165, 1.54) is 37.3 Å². The number of hydrogen-bond acceptors (Lipinski definition) is 6. The van der Waals surface area contributed by atoms with Crippen LogP contribution >= 0.6 is 0 Å². The maximum atomic E-state index is 12.2. The zero-order valence-electron chi connectivity index (χ0n) is 14.7. The van der Waals surface area contributed by atoms with Crippen LogP contribution in [0.2, 0.25) is 0 Å². The van der Waals surface area contributed by atoms with Gasteiger partial charge in [0, 0.05) is 18.8 Å². The minimum atomic E-state index is -0.612. The second-order valence-corrected chi connectivity index (χ2v) is 5.72. The van der Waals surface area contributed by atoms with E-state index in [1.54, 1.807) is 12.1 Å². The number of carbonyl (C=O) groups excluding carboxylic acids is 2. The van der Waals surface area contributed by atoms with Crippen LogP contribution in [0.3, 0.4) is 0 Å². The zero-order chi connectivity index (χ0) is 19.3. The molecule has 0 spiro atoms. The second-order valence-electron chi connectivity index (χ2n) is 5.72. The third kappa shape index (κ3) is 4.56. The molecular weight excluding hydrogens is 338 g/mol. The molecule has 0 bridgehead atoms. The highest BCUT2D eigenvalue weighted by molar-refractivity contribution is 5.95. The van der Waals surface area contributed by atoms with E-state index >= 15 is 0 Å². The van der Waals surface area contributed by atoms with Crippen LogP contribution in [0.1, 0.15) is 15.9 Å². The first-order chi connectivity index (χ1) is 12.3. The molecule has 2 rings (SSSR count). The number of hydrogen-bond donors (Lipinski definition) is 1. The third-order valence-corrected chi connectivity index (χ3v) is 3.72. The van der Waals surface area contributed by atoms with Crippen LogP contribution < -0.4 is 10.2 Å². The van der Waals surface area contributed by atoms with Crippen molar-refractivity contribution in [1.82, 2.24) is 0 Å². The number of amides is 1. The summed E-state index contributed by atoms with van der Waals surface area (Å²) in [6.07, 6.45) is 0. The molecule has 0 aliphatic carbocycles. The molecule has 2 aromatic carbocycles. The summed E-state index contributed by atoms with van der Waals surface area (Å²) in [4.78, 5) is 36.0. The van der Waals surface area contributed by atoms with Crippen LogP contribution in [0.5, 0.6) is 0 Å². The maximum Gasteiger partial charge on any atom is 0.337 e. The maximum absolute atomic E-state index is 12.2. The number of carbonyl (C=O) groups is 2. The highest BCUT2D eigenvalue weighted by Gasteiger charge is 2.21. The van der Waals surface area contributed by atoms with Gasteiger partial charge in [-0.1, -0.05) is 17.7 Å². The number of ether oxygens (including phenoxy) is 1. The van der Waals surface area contributed by atoms with Gasteiger partial charge in [-0.15, -0.1) is 0 Å². The Morgan fingerprint density at radius 1 is 1.19 bits per heavy atom. The Morgan fingerprint density at radius 3 is 2.42 bits per heavy atom. The highest BCUT2D eigenvalue weighted by Crippen LogP contribution is 2.28. The van der Waals surface area contributed by atoms with Crippen molar-refractivity contribution in [3.8, 4) is 0 Å². The van der Waals surface area contributed by atoms with Crippen LogP contribution in [-0.4, -0.2) is 37.5 Å². The summed E-state index contributed by atoms with van der Waals surface area (Å²) in [5.41, 5.74) is 1.81. The Bertz CT molecular complexity index is 833. The van der Waals surface area contributed by atoms with Crippen molar-refractivity contribution < 1.29 is 19.2 Å². The van der Waals surface area contributed by atoms with Crippen molar-refractivity contribution in [3.63, 3.8) is 0 Å². The first-order valence-corrected chi connectivity index (χ1v) is 7.76. The van der Waals surface area contributed by atoms with Gasteiger partial charge in [-0.2, -0.15) is 0 Å². The van der Waals surface area contributed by atoms with E-state index in [0.29, 0.717) is 5.69 Å². The summed E-state index contributed by atoms with van der Waals surface area (Å²) in [6, 6.07) is 11.1. The molecule has 1 N–H and O–H groups in total. The van der Waals surface area contributed by atoms with Crippen LogP contribution in [-0.2, 0) is 9.53 Å². The van der Waals surface area contributed by atoms with Gasteiger partial charge in [0.05, 0.1) is 24.1 Å². The van der Waals surface area contributed by atoms with E-state index in [1.807, 2.05) is 19.1 Å². The number of methoxy groups -OCH3 is 1. The Hall–Kier alpha value is -3.42. The zero-order valence-corrected chi connectivity index (χ0v) is 14.7. The fourth-order valence-corrected chi connectivity index (χ4v) is 2.37. The van der Waals surface area contributed by atoms with E-state index in [-0.39, 0.29) is 29.4 Å². The summed E-state index contributed by atoms with van der Waals surface area (Å²) in [7, 11) is 2.76. The number of benzene rings is 2. The van der Waals surface area contributed by atoms with Crippen LogP contribution in [0.15, 0.2) is 42.5 Å². The number of nitrogens with zero attached hydrogens (tertiary/aromatic N) is 2. The van der Waals surface area contributed by atoms with Crippen molar-refractivity contribution >= 4 is 28.9 Å². The summed E-state index contributed by atoms with van der Waals surface area (Å²) in [6.45, 7) is 1.81. The largest absolute Gasteiger partial charge is 0.465 e. The quantitative estimate of drug-likeness (QED) is 0.484. The molecule has 0 atom stereocenters. The second kappa shape index (κ2) is 8.11. The van der Waals surface area contributed by atoms with Crippen molar-refractivity contribution in [2.24, 2.45) is 0 Å². The van der Waals surface area contributed by atoms with Gasteiger partial charge in [0.1, 0.15) is 5.69 Å². The SMILES string of the molecule is COC(=O)c1ccc([N+](=O)[O-])c(N(C)CC(=O)Nc2ccc(C)cc2)c1. The van der Waals surface area contributed by atoms with E-state index in [0.717, 1.165) is 5.56 Å². The number of nitrogens with one attached hydrogen (secondary N) is 1. The van der Waals surface area contributed by atoms with E-state index < -0.39 is 10.9 Å². The molecule has 0 aliphatic rings. The van der Waals surface area contributed by atoms with Crippen LogP contribution in [0.25, 0.3) is 0 Å². The van der Waals surface area contributed by atoms with Gasteiger partial charge in [-0.05, 0) is 31.2 Å². The summed E-state index contributed by atoms with van der Waals surface area (Å²) in [5, 5.41) is 14.0. The van der Waals surface area contributed by atoms with Gasteiger partial charge in [0.15, 0.2) is 0 Å².